The Balaban J connectivity index is 1.47. The molecule has 1 fully saturated rings. The number of hydrogen-bond acceptors (Lipinski definition) is 6. The maximum Gasteiger partial charge on any atom is 0.410 e. The van der Waals surface area contributed by atoms with Gasteiger partial charge in [0.05, 0.1) is 24.9 Å². The molecule has 2 aromatic rings. The minimum atomic E-state index is -0.304. The fraction of sp³-hybridized carbons (Fsp3) is 0.476. The van der Waals surface area contributed by atoms with Crippen LogP contribution in [0.3, 0.4) is 0 Å². The second-order valence-electron chi connectivity index (χ2n) is 7.39. The number of nitrogens with zero attached hydrogens (tertiary/aromatic N) is 4. The highest BCUT2D eigenvalue weighted by molar-refractivity contribution is 6.28. The van der Waals surface area contributed by atoms with Crippen LogP contribution in [0.2, 0.25) is 5.28 Å². The van der Waals surface area contributed by atoms with E-state index in [9.17, 15) is 4.79 Å². The summed E-state index contributed by atoms with van der Waals surface area (Å²) in [7, 11) is 0. The second-order valence-corrected chi connectivity index (χ2v) is 7.72. The number of rotatable bonds is 3. The Morgan fingerprint density at radius 2 is 2.00 bits per heavy atom. The van der Waals surface area contributed by atoms with Gasteiger partial charge in [-0.2, -0.15) is 0 Å². The molecule has 1 atom stereocenters. The van der Waals surface area contributed by atoms with Gasteiger partial charge in [-0.05, 0) is 30.5 Å². The van der Waals surface area contributed by atoms with E-state index < -0.39 is 0 Å². The number of carbonyl (C=O) groups is 1. The second kappa shape index (κ2) is 8.97. The van der Waals surface area contributed by atoms with Crippen LogP contribution in [0, 0.1) is 0 Å². The number of anilines is 1. The van der Waals surface area contributed by atoms with Crippen LogP contribution in [-0.4, -0.2) is 59.9 Å². The fourth-order valence-electron chi connectivity index (χ4n) is 3.82. The molecule has 2 aliphatic rings. The van der Waals surface area contributed by atoms with Gasteiger partial charge in [-0.25, -0.2) is 14.8 Å². The molecule has 0 spiro atoms. The summed E-state index contributed by atoms with van der Waals surface area (Å²) in [5, 5.41) is 0.248. The number of benzene rings is 1. The van der Waals surface area contributed by atoms with E-state index in [1.165, 1.54) is 0 Å². The Morgan fingerprint density at radius 1 is 1.21 bits per heavy atom. The maximum absolute atomic E-state index is 12.6. The Morgan fingerprint density at radius 3 is 2.79 bits per heavy atom. The first kappa shape index (κ1) is 19.9. The van der Waals surface area contributed by atoms with Crippen molar-refractivity contribution >= 4 is 23.5 Å². The molecule has 8 heteroatoms. The molecule has 0 unspecified atom stereocenters. The first-order valence-corrected chi connectivity index (χ1v) is 10.3. The van der Waals surface area contributed by atoms with Crippen molar-refractivity contribution in [2.45, 2.75) is 32.4 Å². The molecular formula is C21H25ClN4O3. The minimum absolute atomic E-state index is 0.217. The average molecular weight is 417 g/mol. The summed E-state index contributed by atoms with van der Waals surface area (Å²) in [5.41, 5.74) is 2.96. The number of hydrogen-bond donors (Lipinski definition) is 0. The van der Waals surface area contributed by atoms with Crippen LogP contribution in [0.15, 0.2) is 30.3 Å². The predicted molar refractivity (Wildman–Crippen MR) is 110 cm³/mol. The summed E-state index contributed by atoms with van der Waals surface area (Å²) in [6.45, 7) is 5.59. The Bertz CT molecular complexity index is 865. The van der Waals surface area contributed by atoms with E-state index in [4.69, 9.17) is 21.1 Å². The van der Waals surface area contributed by atoms with Crippen molar-refractivity contribution in [1.82, 2.24) is 14.9 Å². The summed E-state index contributed by atoms with van der Waals surface area (Å²) in [5.74, 6) is 0.871. The number of carbonyl (C=O) groups excluding carboxylic acids is 1. The largest absolute Gasteiger partial charge is 0.445 e. The number of aromatic nitrogens is 2. The van der Waals surface area contributed by atoms with Crippen LogP contribution in [0.4, 0.5) is 10.6 Å². The molecule has 1 amide bonds. The molecule has 0 N–H and O–H groups in total. The van der Waals surface area contributed by atoms with Crippen LogP contribution in [0.1, 0.15) is 23.7 Å². The molecule has 3 heterocycles. The molecule has 29 heavy (non-hydrogen) atoms. The molecule has 1 saturated heterocycles. The van der Waals surface area contributed by atoms with E-state index in [0.29, 0.717) is 39.1 Å². The third-order valence-electron chi connectivity index (χ3n) is 5.40. The smallest absolute Gasteiger partial charge is 0.410 e. The lowest BCUT2D eigenvalue weighted by Gasteiger charge is -2.35. The van der Waals surface area contributed by atoms with Crippen LogP contribution in [-0.2, 0) is 28.9 Å². The zero-order valence-corrected chi connectivity index (χ0v) is 17.3. The van der Waals surface area contributed by atoms with Gasteiger partial charge >= 0.3 is 6.09 Å². The fourth-order valence-corrected chi connectivity index (χ4v) is 4.00. The van der Waals surface area contributed by atoms with E-state index in [1.807, 2.05) is 30.3 Å². The predicted octanol–water partition coefficient (Wildman–Crippen LogP) is 3.09. The van der Waals surface area contributed by atoms with Crippen molar-refractivity contribution < 1.29 is 14.3 Å². The van der Waals surface area contributed by atoms with Crippen molar-refractivity contribution in [2.75, 3.05) is 37.7 Å². The first-order valence-electron chi connectivity index (χ1n) is 9.97. The van der Waals surface area contributed by atoms with Gasteiger partial charge in [-0.1, -0.05) is 30.3 Å². The molecule has 4 rings (SSSR count). The normalized spacial score (nSPS) is 19.4. The third kappa shape index (κ3) is 4.62. The Kier molecular flexibility index (Phi) is 6.16. The van der Waals surface area contributed by atoms with Gasteiger partial charge in [-0.3, -0.25) is 0 Å². The molecule has 154 valence electrons. The standard InChI is InChI=1S/C21H25ClN4O3/c1-15-13-28-12-11-26(15)19-17-7-9-25(10-8-18(17)23-20(22)24-19)21(27)29-14-16-5-3-2-4-6-16/h2-6,15H,7-14H2,1H3/t15-/m0/s1. The number of amides is 1. The molecular weight excluding hydrogens is 392 g/mol. The van der Waals surface area contributed by atoms with E-state index in [-0.39, 0.29) is 24.0 Å². The summed E-state index contributed by atoms with van der Waals surface area (Å²) in [6.07, 6.45) is 0.998. The molecule has 1 aromatic heterocycles. The van der Waals surface area contributed by atoms with E-state index >= 15 is 0 Å². The third-order valence-corrected chi connectivity index (χ3v) is 5.57. The van der Waals surface area contributed by atoms with Crippen molar-refractivity contribution in [3.63, 3.8) is 0 Å². The summed E-state index contributed by atoms with van der Waals surface area (Å²) >= 11 is 6.23. The number of fused-ring (bicyclic) bond motifs is 1. The molecule has 7 nitrogen and oxygen atoms in total. The molecule has 2 aliphatic heterocycles. The van der Waals surface area contributed by atoms with Crippen molar-refractivity contribution in [3.05, 3.63) is 52.4 Å². The maximum atomic E-state index is 12.6. The lowest BCUT2D eigenvalue weighted by Crippen LogP contribution is -2.44. The molecule has 0 aliphatic carbocycles. The van der Waals surface area contributed by atoms with Crippen molar-refractivity contribution in [1.29, 1.82) is 0 Å². The van der Waals surface area contributed by atoms with E-state index in [1.54, 1.807) is 4.90 Å². The van der Waals surface area contributed by atoms with Crippen molar-refractivity contribution in [2.24, 2.45) is 0 Å². The highest BCUT2D eigenvalue weighted by Gasteiger charge is 2.28. The average Bonchev–Trinajstić information content (AvgIpc) is 2.95. The van der Waals surface area contributed by atoms with E-state index in [2.05, 4.69) is 21.8 Å². The lowest BCUT2D eigenvalue weighted by atomic mass is 10.1. The lowest BCUT2D eigenvalue weighted by molar-refractivity contribution is 0.0974. The Hall–Kier alpha value is -2.38. The Labute approximate surface area is 175 Å². The van der Waals surface area contributed by atoms with Gasteiger partial charge in [0.25, 0.3) is 0 Å². The van der Waals surface area contributed by atoms with Gasteiger partial charge in [0, 0.05) is 31.6 Å². The highest BCUT2D eigenvalue weighted by atomic mass is 35.5. The zero-order chi connectivity index (χ0) is 20.2. The summed E-state index contributed by atoms with van der Waals surface area (Å²) in [6, 6.07) is 9.91. The minimum Gasteiger partial charge on any atom is -0.445 e. The van der Waals surface area contributed by atoms with Gasteiger partial charge in [0.15, 0.2) is 0 Å². The SMILES string of the molecule is C[C@H]1COCCN1c1nc(Cl)nc2c1CCN(C(=O)OCc1ccccc1)CC2. The quantitative estimate of drug-likeness (QED) is 0.716. The first-order chi connectivity index (χ1) is 14.1. The number of halogens is 1. The van der Waals surface area contributed by atoms with Crippen molar-refractivity contribution in [3.8, 4) is 0 Å². The van der Waals surface area contributed by atoms with Crippen LogP contribution in [0.5, 0.6) is 0 Å². The topological polar surface area (TPSA) is 67.8 Å². The molecule has 0 bridgehead atoms. The van der Waals surface area contributed by atoms with E-state index in [0.717, 1.165) is 29.2 Å². The molecule has 0 radical (unpaired) electrons. The van der Waals surface area contributed by atoms with Gasteiger partial charge in [0.2, 0.25) is 5.28 Å². The zero-order valence-electron chi connectivity index (χ0n) is 16.5. The van der Waals surface area contributed by atoms with Crippen LogP contribution < -0.4 is 4.90 Å². The monoisotopic (exact) mass is 416 g/mol. The molecule has 0 saturated carbocycles. The van der Waals surface area contributed by atoms with Crippen LogP contribution in [0.25, 0.3) is 0 Å². The summed E-state index contributed by atoms with van der Waals surface area (Å²) in [4.78, 5) is 25.6. The summed E-state index contributed by atoms with van der Waals surface area (Å²) < 4.78 is 11.1. The number of ether oxygens (including phenoxy) is 2. The molecule has 1 aromatic carbocycles. The van der Waals surface area contributed by atoms with Crippen LogP contribution >= 0.6 is 11.6 Å². The highest BCUT2D eigenvalue weighted by Crippen LogP contribution is 2.28. The van der Waals surface area contributed by atoms with Gasteiger partial charge in [-0.15, -0.1) is 0 Å². The van der Waals surface area contributed by atoms with Gasteiger partial charge in [0.1, 0.15) is 12.4 Å². The number of morpholine rings is 1. The van der Waals surface area contributed by atoms with Gasteiger partial charge < -0.3 is 19.3 Å².